The predicted molar refractivity (Wildman–Crippen MR) is 72.8 cm³/mol. The van der Waals surface area contributed by atoms with E-state index in [1.54, 1.807) is 13.0 Å². The Labute approximate surface area is 117 Å². The number of anilines is 1. The lowest BCUT2D eigenvalue weighted by atomic mass is 10.2. The number of halogens is 1. The van der Waals surface area contributed by atoms with Crippen LogP contribution in [0, 0.1) is 6.92 Å². The quantitative estimate of drug-likeness (QED) is 0.826. The van der Waals surface area contributed by atoms with Crippen LogP contribution in [0.5, 0.6) is 5.75 Å². The van der Waals surface area contributed by atoms with Crippen molar-refractivity contribution < 1.29 is 18.3 Å². The molecule has 1 heterocycles. The molecular formula is C11H15ClN2O4S. The summed E-state index contributed by atoms with van der Waals surface area (Å²) >= 11 is 5.86. The van der Waals surface area contributed by atoms with Gasteiger partial charge in [-0.1, -0.05) is 11.6 Å². The van der Waals surface area contributed by atoms with E-state index >= 15 is 0 Å². The number of hydrogen-bond donors (Lipinski definition) is 2. The number of rotatable bonds is 3. The van der Waals surface area contributed by atoms with E-state index in [4.69, 9.17) is 16.3 Å². The molecule has 0 spiro atoms. The van der Waals surface area contributed by atoms with Crippen LogP contribution in [0.2, 0.25) is 5.02 Å². The lowest BCUT2D eigenvalue weighted by molar-refractivity contribution is 0.0733. The van der Waals surface area contributed by atoms with Gasteiger partial charge in [0.05, 0.1) is 18.9 Å². The molecule has 0 atom stereocenters. The molecule has 0 aromatic heterocycles. The average molecular weight is 307 g/mol. The van der Waals surface area contributed by atoms with Crippen LogP contribution in [-0.4, -0.2) is 44.1 Å². The molecule has 1 aromatic carbocycles. The molecular weight excluding hydrogens is 292 g/mol. The van der Waals surface area contributed by atoms with Crippen molar-refractivity contribution in [3.05, 3.63) is 22.7 Å². The largest absolute Gasteiger partial charge is 0.505 e. The van der Waals surface area contributed by atoms with Crippen LogP contribution in [0.25, 0.3) is 0 Å². The normalized spacial score (nSPS) is 17.4. The molecule has 0 unspecified atom stereocenters. The third-order valence-electron chi connectivity index (χ3n) is 2.81. The number of ether oxygens (including phenoxy) is 1. The van der Waals surface area contributed by atoms with Crippen LogP contribution in [0.1, 0.15) is 5.56 Å². The topological polar surface area (TPSA) is 78.9 Å². The maximum absolute atomic E-state index is 12.1. The van der Waals surface area contributed by atoms with Crippen molar-refractivity contribution in [2.45, 2.75) is 6.92 Å². The molecule has 1 aromatic rings. The second-order valence-electron chi connectivity index (χ2n) is 4.24. The van der Waals surface area contributed by atoms with E-state index in [9.17, 15) is 13.5 Å². The third-order valence-corrected chi connectivity index (χ3v) is 4.56. The summed E-state index contributed by atoms with van der Waals surface area (Å²) in [4.78, 5) is 0. The molecule has 0 amide bonds. The number of hydrogen-bond acceptors (Lipinski definition) is 4. The Morgan fingerprint density at radius 3 is 2.63 bits per heavy atom. The zero-order valence-electron chi connectivity index (χ0n) is 10.4. The van der Waals surface area contributed by atoms with Crippen LogP contribution < -0.4 is 4.72 Å². The molecule has 0 radical (unpaired) electrons. The van der Waals surface area contributed by atoms with Gasteiger partial charge in [-0.3, -0.25) is 4.72 Å². The van der Waals surface area contributed by atoms with E-state index in [1.807, 2.05) is 0 Å². The summed E-state index contributed by atoms with van der Waals surface area (Å²) in [6.07, 6.45) is 0. The molecule has 1 fully saturated rings. The SMILES string of the molecule is Cc1cc(Cl)cc(NS(=O)(=O)N2CCOCC2)c1O. The third kappa shape index (κ3) is 3.30. The highest BCUT2D eigenvalue weighted by molar-refractivity contribution is 7.90. The van der Waals surface area contributed by atoms with E-state index in [0.717, 1.165) is 0 Å². The summed E-state index contributed by atoms with van der Waals surface area (Å²) in [6, 6.07) is 2.94. The van der Waals surface area contributed by atoms with Gasteiger partial charge in [0.15, 0.2) is 0 Å². The molecule has 8 heteroatoms. The minimum atomic E-state index is -3.71. The Morgan fingerprint density at radius 1 is 1.37 bits per heavy atom. The summed E-state index contributed by atoms with van der Waals surface area (Å²) in [5, 5.41) is 10.2. The molecule has 2 N–H and O–H groups in total. The van der Waals surface area contributed by atoms with Crippen LogP contribution in [0.15, 0.2) is 12.1 Å². The number of aryl methyl sites for hydroxylation is 1. The Morgan fingerprint density at radius 2 is 2.00 bits per heavy atom. The van der Waals surface area contributed by atoms with Crippen molar-refractivity contribution in [3.63, 3.8) is 0 Å². The number of phenols is 1. The highest BCUT2D eigenvalue weighted by atomic mass is 35.5. The predicted octanol–water partition coefficient (Wildman–Crippen LogP) is 1.34. The number of benzene rings is 1. The summed E-state index contributed by atoms with van der Waals surface area (Å²) in [5.74, 6) is -0.124. The molecule has 0 aliphatic carbocycles. The van der Waals surface area contributed by atoms with E-state index in [1.165, 1.54) is 10.4 Å². The highest BCUT2D eigenvalue weighted by Crippen LogP contribution is 2.32. The molecule has 0 saturated carbocycles. The molecule has 1 aliphatic rings. The lowest BCUT2D eigenvalue weighted by Crippen LogP contribution is -2.43. The van der Waals surface area contributed by atoms with Crippen molar-refractivity contribution in [2.24, 2.45) is 0 Å². The second kappa shape index (κ2) is 5.54. The maximum atomic E-state index is 12.1. The van der Waals surface area contributed by atoms with Crippen LogP contribution in [0.3, 0.4) is 0 Å². The number of aromatic hydroxyl groups is 1. The maximum Gasteiger partial charge on any atom is 0.301 e. The molecule has 1 saturated heterocycles. The van der Waals surface area contributed by atoms with Crippen LogP contribution in [-0.2, 0) is 14.9 Å². The van der Waals surface area contributed by atoms with Gasteiger partial charge in [0.1, 0.15) is 5.75 Å². The van der Waals surface area contributed by atoms with Gasteiger partial charge in [0.2, 0.25) is 0 Å². The van der Waals surface area contributed by atoms with Gasteiger partial charge in [-0.15, -0.1) is 0 Å². The van der Waals surface area contributed by atoms with E-state index in [-0.39, 0.29) is 24.5 Å². The van der Waals surface area contributed by atoms with Crippen molar-refractivity contribution in [3.8, 4) is 5.75 Å². The fourth-order valence-corrected chi connectivity index (χ4v) is 3.27. The fraction of sp³-hybridized carbons (Fsp3) is 0.455. The van der Waals surface area contributed by atoms with E-state index < -0.39 is 10.2 Å². The van der Waals surface area contributed by atoms with Gasteiger partial charge in [0.25, 0.3) is 0 Å². The first-order valence-corrected chi connectivity index (χ1v) is 7.57. The highest BCUT2D eigenvalue weighted by Gasteiger charge is 2.25. The van der Waals surface area contributed by atoms with Crippen LogP contribution >= 0.6 is 11.6 Å². The zero-order chi connectivity index (χ0) is 14.0. The lowest BCUT2D eigenvalue weighted by Gasteiger charge is -2.26. The van der Waals surface area contributed by atoms with Crippen LogP contribution in [0.4, 0.5) is 5.69 Å². The van der Waals surface area contributed by atoms with Gasteiger partial charge >= 0.3 is 10.2 Å². The fourth-order valence-electron chi connectivity index (χ4n) is 1.80. The minimum Gasteiger partial charge on any atom is -0.505 e. The summed E-state index contributed by atoms with van der Waals surface area (Å²) in [6.45, 7) is 2.95. The molecule has 1 aliphatic heterocycles. The first-order valence-electron chi connectivity index (χ1n) is 5.75. The Kier molecular flexibility index (Phi) is 4.19. The monoisotopic (exact) mass is 306 g/mol. The Balaban J connectivity index is 2.25. The number of phenolic OH excluding ortho intramolecular Hbond substituents is 1. The first kappa shape index (κ1) is 14.4. The van der Waals surface area contributed by atoms with Gasteiger partial charge in [-0.25, -0.2) is 0 Å². The van der Waals surface area contributed by atoms with Gasteiger partial charge in [-0.2, -0.15) is 12.7 Å². The van der Waals surface area contributed by atoms with Crippen molar-refractivity contribution in [2.75, 3.05) is 31.0 Å². The molecule has 2 rings (SSSR count). The minimum absolute atomic E-state index is 0.0801. The first-order chi connectivity index (χ1) is 8.90. The number of nitrogens with zero attached hydrogens (tertiary/aromatic N) is 1. The summed E-state index contributed by atoms with van der Waals surface area (Å²) < 4.78 is 33.0. The van der Waals surface area contributed by atoms with Gasteiger partial charge in [0, 0.05) is 18.1 Å². The zero-order valence-corrected chi connectivity index (χ0v) is 12.0. The molecule has 0 bridgehead atoms. The number of morpholine rings is 1. The standard InChI is InChI=1S/C11H15ClN2O4S/c1-8-6-9(12)7-10(11(8)15)13-19(16,17)14-2-4-18-5-3-14/h6-7,13,15H,2-5H2,1H3. The summed E-state index contributed by atoms with van der Waals surface area (Å²) in [7, 11) is -3.71. The van der Waals surface area contributed by atoms with E-state index in [0.29, 0.717) is 23.8 Å². The molecule has 6 nitrogen and oxygen atoms in total. The van der Waals surface area contributed by atoms with Gasteiger partial charge in [-0.05, 0) is 24.6 Å². The summed E-state index contributed by atoms with van der Waals surface area (Å²) in [5.41, 5.74) is 0.587. The molecule has 19 heavy (non-hydrogen) atoms. The Bertz CT molecular complexity index is 570. The van der Waals surface area contributed by atoms with E-state index in [2.05, 4.69) is 4.72 Å². The molecule has 106 valence electrons. The smallest absolute Gasteiger partial charge is 0.301 e. The Hall–Kier alpha value is -1.02. The van der Waals surface area contributed by atoms with Gasteiger partial charge < -0.3 is 9.84 Å². The van der Waals surface area contributed by atoms with Crippen molar-refractivity contribution in [1.29, 1.82) is 0 Å². The van der Waals surface area contributed by atoms with Crippen molar-refractivity contribution in [1.82, 2.24) is 4.31 Å². The average Bonchev–Trinajstić information content (AvgIpc) is 2.36. The second-order valence-corrected chi connectivity index (χ2v) is 6.34. The van der Waals surface area contributed by atoms with Crippen molar-refractivity contribution >= 4 is 27.5 Å². The number of nitrogens with one attached hydrogen (secondary N) is 1.